The van der Waals surface area contributed by atoms with Gasteiger partial charge in [0.2, 0.25) is 0 Å². The molecule has 4 fully saturated rings. The molecular formula is C68H50N2. The summed E-state index contributed by atoms with van der Waals surface area (Å²) in [6.45, 7) is 0. The van der Waals surface area contributed by atoms with Crippen molar-refractivity contribution in [2.75, 3.05) is 4.90 Å². The van der Waals surface area contributed by atoms with Crippen LogP contribution in [0.3, 0.4) is 0 Å². The molecule has 5 aliphatic rings. The third kappa shape index (κ3) is 4.98. The summed E-state index contributed by atoms with van der Waals surface area (Å²) in [5.74, 6) is 3.49. The van der Waals surface area contributed by atoms with E-state index < -0.39 is 0 Å². The summed E-state index contributed by atoms with van der Waals surface area (Å²) in [5.41, 5.74) is 21.4. The molecule has 6 unspecified atom stereocenters. The Morgan fingerprint density at radius 2 is 1.06 bits per heavy atom. The molecule has 0 radical (unpaired) electrons. The van der Waals surface area contributed by atoms with Gasteiger partial charge in [-0.15, -0.1) is 0 Å². The van der Waals surface area contributed by atoms with Crippen LogP contribution >= 0.6 is 0 Å². The van der Waals surface area contributed by atoms with E-state index in [2.05, 4.69) is 240 Å². The minimum Gasteiger partial charge on any atom is -0.309 e. The van der Waals surface area contributed by atoms with Crippen LogP contribution in [-0.4, -0.2) is 4.57 Å². The van der Waals surface area contributed by atoms with Gasteiger partial charge in [-0.1, -0.05) is 176 Å². The normalized spacial score (nSPS) is 23.0. The highest BCUT2D eigenvalue weighted by atomic mass is 15.2. The smallest absolute Gasteiger partial charge is 0.0562 e. The minimum absolute atomic E-state index is 0.174. The lowest BCUT2D eigenvalue weighted by molar-refractivity contribution is -0.231. The molecular weight excluding hydrogens is 845 g/mol. The monoisotopic (exact) mass is 894 g/mol. The van der Waals surface area contributed by atoms with Crippen molar-refractivity contribution in [1.82, 2.24) is 4.57 Å². The lowest BCUT2D eigenvalue weighted by Gasteiger charge is -2.76. The van der Waals surface area contributed by atoms with E-state index in [9.17, 15) is 0 Å². The zero-order valence-electron chi connectivity index (χ0n) is 39.0. The van der Waals surface area contributed by atoms with E-state index in [-0.39, 0.29) is 5.41 Å². The molecule has 6 atom stereocenters. The summed E-state index contributed by atoms with van der Waals surface area (Å²) in [6.07, 6.45) is 5.81. The number of rotatable bonds is 7. The molecule has 332 valence electrons. The SMILES string of the molecule is c1ccc(-c2cccc3cccc(-c4ccccc4N(c4ccc(-c5ccc6c(c5)C5(c7ccccc7-6)C6CC7CC8CC5C86C7)cc4)c4cccc5c4c4ccccc4n5-c4ccccc4)c23)cc1. The number of nitrogens with zero attached hydrogens (tertiary/aromatic N) is 2. The maximum absolute atomic E-state index is 2.63. The first-order chi connectivity index (χ1) is 34.7. The van der Waals surface area contributed by atoms with Crippen LogP contribution in [0.4, 0.5) is 17.1 Å². The van der Waals surface area contributed by atoms with Crippen molar-refractivity contribution >= 4 is 49.6 Å². The summed E-state index contributed by atoms with van der Waals surface area (Å²) in [4.78, 5) is 2.54. The molecule has 4 saturated carbocycles. The van der Waals surface area contributed by atoms with Crippen LogP contribution in [0.1, 0.15) is 36.8 Å². The zero-order valence-corrected chi connectivity index (χ0v) is 39.0. The fourth-order valence-electron chi connectivity index (χ4n) is 16.1. The zero-order chi connectivity index (χ0) is 45.7. The van der Waals surface area contributed by atoms with Crippen molar-refractivity contribution in [3.05, 3.63) is 242 Å². The first kappa shape index (κ1) is 39.0. The highest BCUT2D eigenvalue weighted by Crippen LogP contribution is 2.89. The topological polar surface area (TPSA) is 8.17 Å². The molecule has 0 saturated heterocycles. The Kier molecular flexibility index (Phi) is 7.97. The molecule has 2 spiro atoms. The number of benzene rings is 10. The molecule has 5 aliphatic carbocycles. The predicted octanol–water partition coefficient (Wildman–Crippen LogP) is 17.7. The lowest BCUT2D eigenvalue weighted by atomic mass is 9.27. The molecule has 1 aromatic heterocycles. The Balaban J connectivity index is 0.894. The van der Waals surface area contributed by atoms with Crippen LogP contribution < -0.4 is 4.90 Å². The van der Waals surface area contributed by atoms with Gasteiger partial charge in [0, 0.05) is 33.1 Å². The average Bonchev–Trinajstić information content (AvgIpc) is 4.16. The highest BCUT2D eigenvalue weighted by molar-refractivity contribution is 6.17. The second kappa shape index (κ2) is 14.3. The number of fused-ring (bicyclic) bond motifs is 12. The number of hydrogen-bond acceptors (Lipinski definition) is 1. The van der Waals surface area contributed by atoms with Crippen molar-refractivity contribution < 1.29 is 0 Å². The van der Waals surface area contributed by atoms with Crippen LogP contribution in [0.2, 0.25) is 0 Å². The maximum atomic E-state index is 2.63. The molecule has 10 aromatic carbocycles. The van der Waals surface area contributed by atoms with E-state index in [4.69, 9.17) is 0 Å². The first-order valence-corrected chi connectivity index (χ1v) is 25.6. The van der Waals surface area contributed by atoms with E-state index in [0.29, 0.717) is 5.41 Å². The van der Waals surface area contributed by atoms with E-state index in [1.165, 1.54) is 103 Å². The summed E-state index contributed by atoms with van der Waals surface area (Å²) < 4.78 is 2.43. The molecule has 0 amide bonds. The average molecular weight is 895 g/mol. The van der Waals surface area contributed by atoms with Crippen molar-refractivity contribution in [2.45, 2.75) is 31.1 Å². The highest BCUT2D eigenvalue weighted by Gasteiger charge is 2.84. The number of anilines is 3. The van der Waals surface area contributed by atoms with Crippen molar-refractivity contribution in [2.24, 2.45) is 29.1 Å². The van der Waals surface area contributed by atoms with Crippen LogP contribution in [0.15, 0.2) is 231 Å². The molecule has 2 bridgehead atoms. The fraction of sp³-hybridized carbons (Fsp3) is 0.147. The minimum atomic E-state index is 0.174. The Morgan fingerprint density at radius 3 is 1.90 bits per heavy atom. The van der Waals surface area contributed by atoms with E-state index in [0.717, 1.165) is 46.4 Å². The number of aromatic nitrogens is 1. The standard InChI is InChI=1S/C68H50N2/c1-3-16-45(17-4-1)51-25-13-18-46-19-14-26-55(65(46)51)54-23-8-11-28-59(54)70(62-31-15-30-61-66(62)56-24-9-12-29-60(56)69(61)49-20-5-2-6-21-49)50-35-32-44(33-36-50)47-34-37-53-52-22-7-10-27-57(52)68(58(53)40-47)63-39-43-38-48-41-64(68)67(48,63)42-43/h1-37,40,43,48,63-64H,38-39,41-42H2. The van der Waals surface area contributed by atoms with Gasteiger partial charge >= 0.3 is 0 Å². The molecule has 16 rings (SSSR count). The van der Waals surface area contributed by atoms with Gasteiger partial charge in [0.15, 0.2) is 0 Å². The molecule has 11 aromatic rings. The lowest BCUT2D eigenvalue weighted by Crippen LogP contribution is -2.73. The molecule has 2 heteroatoms. The van der Waals surface area contributed by atoms with Gasteiger partial charge < -0.3 is 9.47 Å². The molecule has 0 aliphatic heterocycles. The van der Waals surface area contributed by atoms with Gasteiger partial charge in [-0.2, -0.15) is 0 Å². The van der Waals surface area contributed by atoms with Crippen molar-refractivity contribution in [3.8, 4) is 50.2 Å². The summed E-state index contributed by atoms with van der Waals surface area (Å²) in [5, 5.41) is 4.94. The molecule has 1 heterocycles. The van der Waals surface area contributed by atoms with E-state index in [1.807, 2.05) is 0 Å². The van der Waals surface area contributed by atoms with Crippen LogP contribution in [0.5, 0.6) is 0 Å². The third-order valence-electron chi connectivity index (χ3n) is 18.4. The van der Waals surface area contributed by atoms with Gasteiger partial charge in [-0.25, -0.2) is 0 Å². The van der Waals surface area contributed by atoms with Crippen LogP contribution in [0, 0.1) is 29.1 Å². The predicted molar refractivity (Wildman–Crippen MR) is 290 cm³/mol. The second-order valence-electron chi connectivity index (χ2n) is 21.2. The van der Waals surface area contributed by atoms with Gasteiger partial charge in [0.05, 0.1) is 22.4 Å². The first-order valence-electron chi connectivity index (χ1n) is 25.6. The summed E-state index contributed by atoms with van der Waals surface area (Å²) in [7, 11) is 0. The summed E-state index contributed by atoms with van der Waals surface area (Å²) in [6, 6.07) is 86.6. The van der Waals surface area contributed by atoms with Crippen LogP contribution in [-0.2, 0) is 5.41 Å². The van der Waals surface area contributed by atoms with E-state index >= 15 is 0 Å². The van der Waals surface area contributed by atoms with Gasteiger partial charge in [-0.3, -0.25) is 0 Å². The third-order valence-corrected chi connectivity index (χ3v) is 18.4. The Morgan fingerprint density at radius 1 is 0.414 bits per heavy atom. The van der Waals surface area contributed by atoms with Crippen molar-refractivity contribution in [3.63, 3.8) is 0 Å². The Bertz CT molecular complexity index is 3930. The molecule has 0 N–H and O–H groups in total. The largest absolute Gasteiger partial charge is 0.309 e. The van der Waals surface area contributed by atoms with E-state index in [1.54, 1.807) is 11.1 Å². The molecule has 2 nitrogen and oxygen atoms in total. The second-order valence-corrected chi connectivity index (χ2v) is 21.2. The van der Waals surface area contributed by atoms with Gasteiger partial charge in [-0.05, 0) is 170 Å². The quantitative estimate of drug-likeness (QED) is 0.155. The fourth-order valence-corrected chi connectivity index (χ4v) is 16.1. The van der Waals surface area contributed by atoms with Gasteiger partial charge in [0.1, 0.15) is 0 Å². The number of hydrogen-bond donors (Lipinski definition) is 0. The van der Waals surface area contributed by atoms with Gasteiger partial charge in [0.25, 0.3) is 0 Å². The Hall–Kier alpha value is -7.94. The molecule has 70 heavy (non-hydrogen) atoms. The number of para-hydroxylation sites is 3. The summed E-state index contributed by atoms with van der Waals surface area (Å²) >= 11 is 0. The van der Waals surface area contributed by atoms with Crippen LogP contribution in [0.25, 0.3) is 82.8 Å². The Labute approximate surface area is 409 Å². The maximum Gasteiger partial charge on any atom is 0.0562 e. The van der Waals surface area contributed by atoms with Crippen molar-refractivity contribution in [1.29, 1.82) is 0 Å².